The minimum Gasteiger partial charge on any atom is -0.382 e. The van der Waals surface area contributed by atoms with E-state index in [1.54, 1.807) is 20.1 Å². The van der Waals surface area contributed by atoms with Crippen molar-refractivity contribution in [3.8, 4) is 0 Å². The molecule has 0 radical (unpaired) electrons. The molecule has 1 fully saturated rings. The highest BCUT2D eigenvalue weighted by Gasteiger charge is 2.26. The third kappa shape index (κ3) is 6.96. The van der Waals surface area contributed by atoms with Crippen molar-refractivity contribution < 1.29 is 19.1 Å². The first-order chi connectivity index (χ1) is 12.9. The molecule has 0 aliphatic carbocycles. The van der Waals surface area contributed by atoms with E-state index in [1.165, 1.54) is 0 Å². The van der Waals surface area contributed by atoms with Gasteiger partial charge in [-0.1, -0.05) is 30.1 Å². The first kappa shape index (κ1) is 22.0. The third-order valence-corrected chi connectivity index (χ3v) is 4.89. The number of ether oxygens (including phenoxy) is 2. The molecule has 0 N–H and O–H groups in total. The van der Waals surface area contributed by atoms with Crippen LogP contribution in [-0.4, -0.2) is 69.7 Å². The maximum Gasteiger partial charge on any atom is 0.225 e. The summed E-state index contributed by atoms with van der Waals surface area (Å²) in [6, 6.07) is 5.44. The summed E-state index contributed by atoms with van der Waals surface area (Å²) in [6.45, 7) is 5.23. The predicted octanol–water partition coefficient (Wildman–Crippen LogP) is 2.90. The molecular formula is C19H26Cl2N2O4. The maximum absolute atomic E-state index is 12.6. The Morgan fingerprint density at radius 1 is 1.07 bits per heavy atom. The summed E-state index contributed by atoms with van der Waals surface area (Å²) in [5, 5.41) is 1.19. The molecule has 27 heavy (non-hydrogen) atoms. The quantitative estimate of drug-likeness (QED) is 0.579. The van der Waals surface area contributed by atoms with E-state index in [9.17, 15) is 9.59 Å². The summed E-state index contributed by atoms with van der Waals surface area (Å²) in [6.07, 6.45) is 0.190. The number of benzene rings is 1. The highest BCUT2D eigenvalue weighted by molar-refractivity contribution is 6.35. The fraction of sp³-hybridized carbons (Fsp3) is 0.579. The van der Waals surface area contributed by atoms with E-state index in [4.69, 9.17) is 32.7 Å². The zero-order valence-corrected chi connectivity index (χ0v) is 17.3. The third-order valence-electron chi connectivity index (χ3n) is 4.45. The van der Waals surface area contributed by atoms with Gasteiger partial charge in [0.1, 0.15) is 6.61 Å². The number of carbonyl (C=O) groups is 2. The Hall–Kier alpha value is -1.34. The van der Waals surface area contributed by atoms with Gasteiger partial charge in [0.2, 0.25) is 5.91 Å². The van der Waals surface area contributed by atoms with Crippen LogP contribution in [0.3, 0.4) is 0 Å². The van der Waals surface area contributed by atoms with Gasteiger partial charge in [-0.2, -0.15) is 0 Å². The van der Waals surface area contributed by atoms with Gasteiger partial charge >= 0.3 is 0 Å². The van der Waals surface area contributed by atoms with E-state index in [2.05, 4.69) is 4.90 Å². The van der Waals surface area contributed by atoms with Gasteiger partial charge in [-0.15, -0.1) is 0 Å². The van der Waals surface area contributed by atoms with Crippen LogP contribution in [0.1, 0.15) is 13.3 Å². The number of ketones is 1. The number of nitrogens with zero attached hydrogens (tertiary/aromatic N) is 2. The van der Waals surface area contributed by atoms with Gasteiger partial charge in [0.15, 0.2) is 5.78 Å². The smallest absolute Gasteiger partial charge is 0.225 e. The van der Waals surface area contributed by atoms with Crippen LogP contribution in [0.25, 0.3) is 0 Å². The fourth-order valence-electron chi connectivity index (χ4n) is 3.03. The summed E-state index contributed by atoms with van der Waals surface area (Å²) < 4.78 is 10.1. The number of Topliss-reactive ketones (excluding diaryl/α,β-unsaturated/α-hetero) is 1. The number of carbonyl (C=O) groups excluding carboxylic acids is 2. The van der Waals surface area contributed by atoms with Crippen molar-refractivity contribution in [2.75, 3.05) is 58.0 Å². The predicted molar refractivity (Wildman–Crippen MR) is 107 cm³/mol. The van der Waals surface area contributed by atoms with Crippen LogP contribution in [0.5, 0.6) is 0 Å². The molecule has 0 aromatic heterocycles. The molecule has 1 aromatic carbocycles. The molecular weight excluding hydrogens is 391 g/mol. The molecule has 8 heteroatoms. The molecule has 0 spiro atoms. The van der Waals surface area contributed by atoms with E-state index in [-0.39, 0.29) is 30.6 Å². The molecule has 1 unspecified atom stereocenters. The molecule has 6 nitrogen and oxygen atoms in total. The Kier molecular flexibility index (Phi) is 8.83. The van der Waals surface area contributed by atoms with Gasteiger partial charge in [-0.25, -0.2) is 0 Å². The molecule has 150 valence electrons. The first-order valence-corrected chi connectivity index (χ1v) is 9.74. The monoisotopic (exact) mass is 416 g/mol. The standard InChI is InChI=1S/C19H26Cl2N2O4/c1-14(9-18(24)13-27-8-7-26-2)19(25)23-5-3-22(4-6-23)17-11-15(20)10-16(21)12-17/h10-12,14H,3-9,13H2,1-2H3. The number of anilines is 1. The van der Waals surface area contributed by atoms with Crippen LogP contribution in [-0.2, 0) is 19.1 Å². The fourth-order valence-corrected chi connectivity index (χ4v) is 3.55. The molecule has 1 aliphatic heterocycles. The number of hydrogen-bond donors (Lipinski definition) is 0. The number of piperazine rings is 1. The number of methoxy groups -OCH3 is 1. The minimum absolute atomic E-state index is 0.00372. The van der Waals surface area contributed by atoms with Gasteiger partial charge in [-0.3, -0.25) is 9.59 Å². The lowest BCUT2D eigenvalue weighted by Crippen LogP contribution is -2.50. The largest absolute Gasteiger partial charge is 0.382 e. The topological polar surface area (TPSA) is 59.1 Å². The number of amides is 1. The van der Waals surface area contributed by atoms with Crippen molar-refractivity contribution in [1.29, 1.82) is 0 Å². The number of hydrogen-bond acceptors (Lipinski definition) is 5. The Morgan fingerprint density at radius 3 is 2.30 bits per heavy atom. The Balaban J connectivity index is 1.79. The molecule has 1 aliphatic rings. The van der Waals surface area contributed by atoms with E-state index < -0.39 is 0 Å². The lowest BCUT2D eigenvalue weighted by Gasteiger charge is -2.37. The molecule has 2 rings (SSSR count). The molecule has 0 bridgehead atoms. The summed E-state index contributed by atoms with van der Waals surface area (Å²) in [5.41, 5.74) is 0.955. The van der Waals surface area contributed by atoms with Crippen LogP contribution in [0.2, 0.25) is 10.0 Å². The van der Waals surface area contributed by atoms with Crippen LogP contribution >= 0.6 is 23.2 Å². The lowest BCUT2D eigenvalue weighted by atomic mass is 10.0. The summed E-state index contributed by atoms with van der Waals surface area (Å²) in [4.78, 5) is 28.5. The van der Waals surface area contributed by atoms with Gasteiger partial charge in [0, 0.05) is 61.4 Å². The highest BCUT2D eigenvalue weighted by atomic mass is 35.5. The van der Waals surface area contributed by atoms with Crippen LogP contribution in [0.4, 0.5) is 5.69 Å². The zero-order chi connectivity index (χ0) is 19.8. The molecule has 1 saturated heterocycles. The Morgan fingerprint density at radius 2 is 1.70 bits per heavy atom. The summed E-state index contributed by atoms with van der Waals surface area (Å²) in [7, 11) is 1.58. The summed E-state index contributed by atoms with van der Waals surface area (Å²) in [5.74, 6) is -0.418. The van der Waals surface area contributed by atoms with Crippen molar-refractivity contribution in [3.63, 3.8) is 0 Å². The van der Waals surface area contributed by atoms with E-state index >= 15 is 0 Å². The first-order valence-electron chi connectivity index (χ1n) is 8.99. The maximum atomic E-state index is 12.6. The van der Waals surface area contributed by atoms with Crippen LogP contribution in [0, 0.1) is 5.92 Å². The van der Waals surface area contributed by atoms with E-state index in [0.29, 0.717) is 49.4 Å². The van der Waals surface area contributed by atoms with Gasteiger partial charge in [0.05, 0.1) is 13.2 Å². The van der Waals surface area contributed by atoms with E-state index in [1.807, 2.05) is 17.0 Å². The second kappa shape index (κ2) is 10.9. The number of rotatable bonds is 9. The van der Waals surface area contributed by atoms with Gasteiger partial charge < -0.3 is 19.3 Å². The number of halogens is 2. The van der Waals surface area contributed by atoms with Crippen molar-refractivity contribution in [2.45, 2.75) is 13.3 Å². The second-order valence-electron chi connectivity index (χ2n) is 6.63. The van der Waals surface area contributed by atoms with Crippen molar-refractivity contribution >= 4 is 40.6 Å². The van der Waals surface area contributed by atoms with Crippen molar-refractivity contribution in [3.05, 3.63) is 28.2 Å². The van der Waals surface area contributed by atoms with Gasteiger partial charge in [0.25, 0.3) is 0 Å². The van der Waals surface area contributed by atoms with Gasteiger partial charge in [-0.05, 0) is 18.2 Å². The van der Waals surface area contributed by atoms with Crippen LogP contribution < -0.4 is 4.90 Å². The van der Waals surface area contributed by atoms with E-state index in [0.717, 1.165) is 5.69 Å². The molecule has 1 heterocycles. The molecule has 1 aromatic rings. The minimum atomic E-state index is -0.351. The molecule has 1 atom stereocenters. The van der Waals surface area contributed by atoms with Crippen molar-refractivity contribution in [2.24, 2.45) is 5.92 Å². The van der Waals surface area contributed by atoms with Crippen molar-refractivity contribution in [1.82, 2.24) is 4.90 Å². The highest BCUT2D eigenvalue weighted by Crippen LogP contribution is 2.26. The second-order valence-corrected chi connectivity index (χ2v) is 7.50. The average molecular weight is 417 g/mol. The lowest BCUT2D eigenvalue weighted by molar-refractivity contribution is -0.138. The normalized spacial score (nSPS) is 15.7. The SMILES string of the molecule is COCCOCC(=O)CC(C)C(=O)N1CCN(c2cc(Cl)cc(Cl)c2)CC1. The van der Waals surface area contributed by atoms with Crippen LogP contribution in [0.15, 0.2) is 18.2 Å². The zero-order valence-electron chi connectivity index (χ0n) is 15.7. The summed E-state index contributed by atoms with van der Waals surface area (Å²) >= 11 is 12.1. The average Bonchev–Trinajstić information content (AvgIpc) is 2.64. The Bertz CT molecular complexity index is 628. The Labute approximate surface area is 170 Å². The molecule has 1 amide bonds. The molecule has 0 saturated carbocycles.